The molecule has 0 radical (unpaired) electrons. The molecule has 0 unspecified atom stereocenters. The number of carbonyl (C=O) groups is 2. The number of rotatable bonds is 5. The van der Waals surface area contributed by atoms with Crippen molar-refractivity contribution in [1.29, 1.82) is 0 Å². The first-order valence-electron chi connectivity index (χ1n) is 8.95. The quantitative estimate of drug-likeness (QED) is 0.499. The first-order chi connectivity index (χ1) is 12.5. The van der Waals surface area contributed by atoms with E-state index in [9.17, 15) is 14.7 Å². The molecular weight excluding hydrogens is 326 g/mol. The second-order valence-electron chi connectivity index (χ2n) is 6.62. The van der Waals surface area contributed by atoms with Crippen LogP contribution in [0.4, 0.5) is 0 Å². The molecule has 1 N–H and O–H groups in total. The van der Waals surface area contributed by atoms with E-state index in [-0.39, 0.29) is 11.3 Å². The molecule has 1 fully saturated rings. The molecule has 2 aromatic carbocycles. The number of aliphatic hydroxyl groups excluding tert-OH is 1. The molecule has 1 atom stereocenters. The molecule has 2 aromatic rings. The van der Waals surface area contributed by atoms with Gasteiger partial charge in [-0.3, -0.25) is 9.59 Å². The van der Waals surface area contributed by atoms with Crippen molar-refractivity contribution < 1.29 is 14.7 Å². The average Bonchev–Trinajstić information content (AvgIpc) is 2.91. The average molecular weight is 349 g/mol. The summed E-state index contributed by atoms with van der Waals surface area (Å²) in [5.74, 6) is -1.27. The van der Waals surface area contributed by atoms with Gasteiger partial charge in [0, 0.05) is 12.1 Å². The molecular formula is C22H23NO3. The van der Waals surface area contributed by atoms with Crippen molar-refractivity contribution in [3.05, 3.63) is 76.9 Å². The van der Waals surface area contributed by atoms with Gasteiger partial charge in [-0.05, 0) is 18.9 Å². The Balaban J connectivity index is 2.14. The van der Waals surface area contributed by atoms with Crippen LogP contribution in [0.25, 0.3) is 5.76 Å². The highest BCUT2D eigenvalue weighted by atomic mass is 16.3. The van der Waals surface area contributed by atoms with Gasteiger partial charge in [0.2, 0.25) is 0 Å². The third kappa shape index (κ3) is 3.27. The Morgan fingerprint density at radius 2 is 1.69 bits per heavy atom. The van der Waals surface area contributed by atoms with Crippen molar-refractivity contribution in [2.75, 3.05) is 6.54 Å². The fraction of sp³-hybridized carbons (Fsp3) is 0.273. The van der Waals surface area contributed by atoms with Crippen LogP contribution in [0, 0.1) is 6.92 Å². The smallest absolute Gasteiger partial charge is 0.295 e. The molecule has 134 valence electrons. The molecule has 1 amide bonds. The van der Waals surface area contributed by atoms with E-state index in [0.717, 1.165) is 24.0 Å². The van der Waals surface area contributed by atoms with Gasteiger partial charge in [-0.25, -0.2) is 0 Å². The largest absolute Gasteiger partial charge is 0.507 e. The van der Waals surface area contributed by atoms with E-state index in [1.165, 1.54) is 0 Å². The maximum atomic E-state index is 12.7. The Hall–Kier alpha value is -2.88. The summed E-state index contributed by atoms with van der Waals surface area (Å²) in [6.45, 7) is 4.49. The van der Waals surface area contributed by atoms with Gasteiger partial charge in [-0.15, -0.1) is 0 Å². The number of ketones is 1. The Kier molecular flexibility index (Phi) is 5.21. The number of nitrogens with zero attached hydrogens (tertiary/aromatic N) is 1. The normalized spacial score (nSPS) is 19.2. The van der Waals surface area contributed by atoms with Crippen molar-refractivity contribution in [3.8, 4) is 0 Å². The highest BCUT2D eigenvalue weighted by Crippen LogP contribution is 2.39. The number of likely N-dealkylation sites (tertiary alicyclic amines) is 1. The van der Waals surface area contributed by atoms with Gasteiger partial charge < -0.3 is 10.0 Å². The summed E-state index contributed by atoms with van der Waals surface area (Å²) in [6, 6.07) is 16.2. The number of hydrogen-bond donors (Lipinski definition) is 1. The number of unbranched alkanes of at least 4 members (excludes halogenated alkanes) is 1. The third-order valence-corrected chi connectivity index (χ3v) is 4.73. The Bertz CT molecular complexity index is 837. The maximum Gasteiger partial charge on any atom is 0.295 e. The maximum absolute atomic E-state index is 12.7. The highest BCUT2D eigenvalue weighted by molar-refractivity contribution is 6.46. The standard InChI is InChI=1S/C22H23NO3/c1-3-4-14-23-19(16-8-6-5-7-9-16)18(21(25)22(23)26)20(24)17-12-10-15(2)11-13-17/h5-13,19,24H,3-4,14H2,1-2H3/t19-/m1/s1. The number of amides is 1. The minimum atomic E-state index is -0.618. The molecule has 4 nitrogen and oxygen atoms in total. The van der Waals surface area contributed by atoms with Crippen LogP contribution >= 0.6 is 0 Å². The lowest BCUT2D eigenvalue weighted by atomic mass is 9.95. The zero-order chi connectivity index (χ0) is 18.7. The fourth-order valence-electron chi connectivity index (χ4n) is 3.29. The van der Waals surface area contributed by atoms with E-state index in [0.29, 0.717) is 12.1 Å². The van der Waals surface area contributed by atoms with Crippen molar-refractivity contribution in [1.82, 2.24) is 4.90 Å². The second-order valence-corrected chi connectivity index (χ2v) is 6.62. The molecule has 1 saturated heterocycles. The van der Waals surface area contributed by atoms with Gasteiger partial charge >= 0.3 is 0 Å². The Morgan fingerprint density at radius 1 is 1.04 bits per heavy atom. The first-order valence-corrected chi connectivity index (χ1v) is 8.95. The van der Waals surface area contributed by atoms with E-state index >= 15 is 0 Å². The minimum absolute atomic E-state index is 0.115. The number of aryl methyl sites for hydroxylation is 1. The van der Waals surface area contributed by atoms with Gasteiger partial charge in [0.25, 0.3) is 11.7 Å². The van der Waals surface area contributed by atoms with E-state index in [1.807, 2.05) is 56.3 Å². The molecule has 0 saturated carbocycles. The number of hydrogen-bond acceptors (Lipinski definition) is 3. The molecule has 0 aromatic heterocycles. The van der Waals surface area contributed by atoms with Crippen molar-refractivity contribution in [3.63, 3.8) is 0 Å². The summed E-state index contributed by atoms with van der Waals surface area (Å²) in [4.78, 5) is 26.9. The van der Waals surface area contributed by atoms with E-state index < -0.39 is 17.7 Å². The zero-order valence-corrected chi connectivity index (χ0v) is 15.1. The fourth-order valence-corrected chi connectivity index (χ4v) is 3.29. The highest BCUT2D eigenvalue weighted by Gasteiger charge is 2.45. The Labute approximate surface area is 153 Å². The van der Waals surface area contributed by atoms with Crippen LogP contribution in [0.2, 0.25) is 0 Å². The van der Waals surface area contributed by atoms with Crippen molar-refractivity contribution >= 4 is 17.4 Å². The molecule has 0 aliphatic carbocycles. The first kappa shape index (κ1) is 17.9. The van der Waals surface area contributed by atoms with Crippen LogP contribution in [-0.2, 0) is 9.59 Å². The second kappa shape index (κ2) is 7.56. The zero-order valence-electron chi connectivity index (χ0n) is 15.1. The molecule has 0 spiro atoms. The number of benzene rings is 2. The van der Waals surface area contributed by atoms with Gasteiger partial charge in [-0.2, -0.15) is 0 Å². The van der Waals surface area contributed by atoms with Crippen molar-refractivity contribution in [2.45, 2.75) is 32.7 Å². The summed E-state index contributed by atoms with van der Waals surface area (Å²) >= 11 is 0. The van der Waals surface area contributed by atoms with Crippen molar-refractivity contribution in [2.24, 2.45) is 0 Å². The van der Waals surface area contributed by atoms with E-state index in [2.05, 4.69) is 0 Å². The Morgan fingerprint density at radius 3 is 2.31 bits per heavy atom. The number of Topliss-reactive ketones (excluding diaryl/α,β-unsaturated/α-hetero) is 1. The van der Waals surface area contributed by atoms with Gasteiger partial charge in [-0.1, -0.05) is 73.5 Å². The topological polar surface area (TPSA) is 57.6 Å². The lowest BCUT2D eigenvalue weighted by Crippen LogP contribution is -2.30. The van der Waals surface area contributed by atoms with Crippen LogP contribution in [-0.4, -0.2) is 28.2 Å². The minimum Gasteiger partial charge on any atom is -0.507 e. The third-order valence-electron chi connectivity index (χ3n) is 4.73. The lowest BCUT2D eigenvalue weighted by Gasteiger charge is -2.25. The molecule has 26 heavy (non-hydrogen) atoms. The van der Waals surface area contributed by atoms with Gasteiger partial charge in [0.15, 0.2) is 0 Å². The summed E-state index contributed by atoms with van der Waals surface area (Å²) in [6.07, 6.45) is 1.73. The number of aliphatic hydroxyl groups is 1. The van der Waals surface area contributed by atoms with Crippen LogP contribution < -0.4 is 0 Å². The summed E-state index contributed by atoms with van der Waals surface area (Å²) in [5, 5.41) is 10.9. The molecule has 1 aliphatic heterocycles. The predicted molar refractivity (Wildman–Crippen MR) is 102 cm³/mol. The molecule has 1 aliphatic rings. The van der Waals surface area contributed by atoms with Crippen LogP contribution in [0.5, 0.6) is 0 Å². The molecule has 1 heterocycles. The molecule has 0 bridgehead atoms. The van der Waals surface area contributed by atoms with Crippen LogP contribution in [0.1, 0.15) is 42.5 Å². The summed E-state index contributed by atoms with van der Waals surface area (Å²) in [7, 11) is 0. The predicted octanol–water partition coefficient (Wildman–Crippen LogP) is 4.22. The number of carbonyl (C=O) groups excluding carboxylic acids is 2. The van der Waals surface area contributed by atoms with E-state index in [1.54, 1.807) is 17.0 Å². The SMILES string of the molecule is CCCCN1C(=O)C(=O)C(=C(O)c2ccc(C)cc2)[C@H]1c1ccccc1. The monoisotopic (exact) mass is 349 g/mol. The van der Waals surface area contributed by atoms with E-state index in [4.69, 9.17) is 0 Å². The van der Waals surface area contributed by atoms with Gasteiger partial charge in [0.05, 0.1) is 11.6 Å². The molecule has 3 rings (SSSR count). The lowest BCUT2D eigenvalue weighted by molar-refractivity contribution is -0.139. The van der Waals surface area contributed by atoms with Crippen LogP contribution in [0.3, 0.4) is 0 Å². The summed E-state index contributed by atoms with van der Waals surface area (Å²) < 4.78 is 0. The molecule has 4 heteroatoms. The van der Waals surface area contributed by atoms with Crippen LogP contribution in [0.15, 0.2) is 60.2 Å². The van der Waals surface area contributed by atoms with Gasteiger partial charge in [0.1, 0.15) is 5.76 Å². The summed E-state index contributed by atoms with van der Waals surface area (Å²) in [5.41, 5.74) is 2.60.